The minimum Gasteiger partial charge on any atom is -0.413 e. The first-order valence-corrected chi connectivity index (χ1v) is 15.9. The van der Waals surface area contributed by atoms with Crippen molar-refractivity contribution in [1.82, 2.24) is 4.90 Å². The third-order valence-corrected chi connectivity index (χ3v) is 8.75. The number of benzene rings is 3. The summed E-state index contributed by atoms with van der Waals surface area (Å²) in [5.41, 5.74) is 4.98. The second-order valence-corrected chi connectivity index (χ2v) is 14.2. The zero-order chi connectivity index (χ0) is 25.8. The number of carbonyl (C=O) groups is 2. The number of rotatable bonds is 5. The highest BCUT2D eigenvalue weighted by Crippen LogP contribution is 2.49. The number of para-hydroxylation sites is 1. The Morgan fingerprint density at radius 1 is 0.917 bits per heavy atom. The van der Waals surface area contributed by atoms with E-state index < -0.39 is 9.04 Å². The van der Waals surface area contributed by atoms with Crippen LogP contribution in [0.1, 0.15) is 58.7 Å². The van der Waals surface area contributed by atoms with Crippen molar-refractivity contribution in [3.8, 4) is 0 Å². The summed E-state index contributed by atoms with van der Waals surface area (Å²) < 4.78 is 6.37. The van der Waals surface area contributed by atoms with Crippen LogP contribution in [-0.4, -0.2) is 32.8 Å². The first-order valence-electron chi connectivity index (χ1n) is 12.3. The molecule has 3 aromatic rings. The van der Waals surface area contributed by atoms with Crippen molar-refractivity contribution in [2.24, 2.45) is 5.41 Å². The number of fused-ring (bicyclic) bond motifs is 3. The van der Waals surface area contributed by atoms with Crippen molar-refractivity contribution < 1.29 is 14.0 Å². The number of hydrogen-bond donors (Lipinski definition) is 0. The van der Waals surface area contributed by atoms with Crippen LogP contribution in [0.15, 0.2) is 70.5 Å². The summed E-state index contributed by atoms with van der Waals surface area (Å²) in [4.78, 5) is 32.7. The smallest absolute Gasteiger partial charge is 0.261 e. The SMILES string of the molecule is CN1c2ccccc2Sc2c(CN3C(=O)c4ccc(C(O[SiH](C)C)C(C)(C)C)cc4C3=O)cccc21. The number of amides is 2. The Morgan fingerprint density at radius 3 is 2.33 bits per heavy atom. The third kappa shape index (κ3) is 4.29. The van der Waals surface area contributed by atoms with E-state index in [1.165, 1.54) is 4.90 Å². The van der Waals surface area contributed by atoms with Gasteiger partial charge >= 0.3 is 0 Å². The number of hydrogen-bond acceptors (Lipinski definition) is 5. The molecule has 7 heteroatoms. The van der Waals surface area contributed by atoms with Gasteiger partial charge in [0.1, 0.15) is 0 Å². The van der Waals surface area contributed by atoms with Crippen LogP contribution in [-0.2, 0) is 11.0 Å². The van der Waals surface area contributed by atoms with Crippen LogP contribution in [0.4, 0.5) is 11.4 Å². The molecule has 3 aromatic carbocycles. The molecule has 0 fully saturated rings. The van der Waals surface area contributed by atoms with Crippen molar-refractivity contribution in [1.29, 1.82) is 0 Å². The summed E-state index contributed by atoms with van der Waals surface area (Å²) in [5.74, 6) is -0.473. The third-order valence-electron chi connectivity index (χ3n) is 6.70. The van der Waals surface area contributed by atoms with E-state index in [0.29, 0.717) is 11.1 Å². The van der Waals surface area contributed by atoms with E-state index in [1.54, 1.807) is 17.8 Å². The Hall–Kier alpha value is -2.87. The van der Waals surface area contributed by atoms with Crippen molar-refractivity contribution in [3.05, 3.63) is 82.9 Å². The average molecular weight is 517 g/mol. The molecule has 0 saturated heterocycles. The Bertz CT molecular complexity index is 1360. The van der Waals surface area contributed by atoms with Crippen molar-refractivity contribution in [3.63, 3.8) is 0 Å². The van der Waals surface area contributed by atoms with Crippen LogP contribution in [0.25, 0.3) is 0 Å². The lowest BCUT2D eigenvalue weighted by molar-refractivity contribution is 0.0641. The Kier molecular flexibility index (Phi) is 6.35. The minimum atomic E-state index is -1.32. The van der Waals surface area contributed by atoms with Gasteiger partial charge in [-0.05, 0) is 60.0 Å². The van der Waals surface area contributed by atoms with Gasteiger partial charge in [0.15, 0.2) is 9.04 Å². The molecule has 2 amide bonds. The Morgan fingerprint density at radius 2 is 1.61 bits per heavy atom. The van der Waals surface area contributed by atoms with Gasteiger partial charge in [-0.1, -0.05) is 62.9 Å². The molecule has 5 nitrogen and oxygen atoms in total. The van der Waals surface area contributed by atoms with Gasteiger partial charge in [-0.15, -0.1) is 0 Å². The number of nitrogens with zero attached hydrogens (tertiary/aromatic N) is 2. The van der Waals surface area contributed by atoms with E-state index in [1.807, 2.05) is 36.4 Å². The molecule has 1 atom stereocenters. The predicted octanol–water partition coefficient (Wildman–Crippen LogP) is 6.80. The molecule has 36 heavy (non-hydrogen) atoms. The van der Waals surface area contributed by atoms with Gasteiger partial charge in [0.2, 0.25) is 0 Å². The van der Waals surface area contributed by atoms with E-state index in [4.69, 9.17) is 4.43 Å². The van der Waals surface area contributed by atoms with Gasteiger partial charge in [0.25, 0.3) is 11.8 Å². The molecule has 0 aromatic heterocycles. The predicted molar refractivity (Wildman–Crippen MR) is 148 cm³/mol. The van der Waals surface area contributed by atoms with E-state index in [9.17, 15) is 9.59 Å². The second kappa shape index (κ2) is 9.21. The molecule has 186 valence electrons. The Balaban J connectivity index is 1.46. The summed E-state index contributed by atoms with van der Waals surface area (Å²) in [6, 6.07) is 20.0. The van der Waals surface area contributed by atoms with E-state index in [2.05, 4.69) is 64.0 Å². The maximum Gasteiger partial charge on any atom is 0.261 e. The molecule has 0 spiro atoms. The molecule has 0 N–H and O–H groups in total. The molecule has 0 saturated carbocycles. The zero-order valence-electron chi connectivity index (χ0n) is 21.7. The monoisotopic (exact) mass is 516 g/mol. The van der Waals surface area contributed by atoms with E-state index in [0.717, 1.165) is 32.3 Å². The first-order chi connectivity index (χ1) is 17.1. The van der Waals surface area contributed by atoms with Crippen molar-refractivity contribution in [2.45, 2.75) is 56.3 Å². The molecule has 2 aliphatic rings. The van der Waals surface area contributed by atoms with Gasteiger partial charge < -0.3 is 9.33 Å². The lowest BCUT2D eigenvalue weighted by Crippen LogP contribution is -2.29. The molecule has 1 unspecified atom stereocenters. The summed E-state index contributed by atoms with van der Waals surface area (Å²) in [7, 11) is 0.737. The zero-order valence-corrected chi connectivity index (χ0v) is 23.6. The van der Waals surface area contributed by atoms with Crippen LogP contribution >= 0.6 is 11.8 Å². The van der Waals surface area contributed by atoms with Crippen LogP contribution in [0.5, 0.6) is 0 Å². The molecular formula is C29H32N2O3SSi. The summed E-state index contributed by atoms with van der Waals surface area (Å²) >= 11 is 1.69. The molecule has 0 radical (unpaired) electrons. The number of imide groups is 1. The summed E-state index contributed by atoms with van der Waals surface area (Å²) in [6.45, 7) is 11.0. The maximum absolute atomic E-state index is 13.5. The highest BCUT2D eigenvalue weighted by molar-refractivity contribution is 7.99. The lowest BCUT2D eigenvalue weighted by Gasteiger charge is -2.33. The highest BCUT2D eigenvalue weighted by Gasteiger charge is 2.38. The largest absolute Gasteiger partial charge is 0.413 e. The highest BCUT2D eigenvalue weighted by atomic mass is 32.2. The lowest BCUT2D eigenvalue weighted by atomic mass is 9.84. The standard InChI is InChI=1S/C29H32N2O3SSi/c1-29(2,3)26(34-36(5)6)18-14-15-20-21(16-18)28(33)31(27(20)32)17-19-10-9-12-23-25(19)35-24-13-8-7-11-22(24)30(23)4/h7-16,26,36H,17H2,1-6H3. The molecule has 2 heterocycles. The van der Waals surface area contributed by atoms with Crippen LogP contribution in [0.2, 0.25) is 13.1 Å². The summed E-state index contributed by atoms with van der Waals surface area (Å²) in [5, 5.41) is 0. The number of carbonyl (C=O) groups excluding carboxylic acids is 2. The van der Waals surface area contributed by atoms with Crippen LogP contribution in [0, 0.1) is 5.41 Å². The number of anilines is 2. The molecule has 2 aliphatic heterocycles. The van der Waals surface area contributed by atoms with Gasteiger partial charge in [-0.3, -0.25) is 14.5 Å². The average Bonchev–Trinajstić information content (AvgIpc) is 3.06. The Labute approximate surface area is 219 Å². The fourth-order valence-electron chi connectivity index (χ4n) is 4.98. The molecular weight excluding hydrogens is 484 g/mol. The molecule has 5 rings (SSSR count). The van der Waals surface area contributed by atoms with E-state index in [-0.39, 0.29) is 29.9 Å². The van der Waals surface area contributed by atoms with Crippen LogP contribution in [0.3, 0.4) is 0 Å². The minimum absolute atomic E-state index is 0.125. The van der Waals surface area contributed by atoms with Gasteiger partial charge in [-0.25, -0.2) is 0 Å². The van der Waals surface area contributed by atoms with Crippen molar-refractivity contribution >= 4 is 44.0 Å². The molecule has 0 bridgehead atoms. The normalized spacial score (nSPS) is 15.8. The molecule has 0 aliphatic carbocycles. The second-order valence-electron chi connectivity index (χ2n) is 10.8. The first kappa shape index (κ1) is 24.8. The van der Waals surface area contributed by atoms with Crippen molar-refractivity contribution in [2.75, 3.05) is 11.9 Å². The maximum atomic E-state index is 13.5. The quantitative estimate of drug-likeness (QED) is 0.276. The van der Waals surface area contributed by atoms with Gasteiger partial charge in [0.05, 0.1) is 35.2 Å². The van der Waals surface area contributed by atoms with Crippen LogP contribution < -0.4 is 4.90 Å². The summed E-state index contributed by atoms with van der Waals surface area (Å²) in [6.07, 6.45) is -0.125. The fourth-order valence-corrected chi connectivity index (χ4v) is 7.34. The van der Waals surface area contributed by atoms with E-state index >= 15 is 0 Å². The fraction of sp³-hybridized carbons (Fsp3) is 0.310. The van der Waals surface area contributed by atoms with Gasteiger partial charge in [0, 0.05) is 16.8 Å². The van der Waals surface area contributed by atoms with Gasteiger partial charge in [-0.2, -0.15) is 0 Å². The topological polar surface area (TPSA) is 49.9 Å².